The molecule has 4 unspecified atom stereocenters. The number of hydrogen-bond acceptors (Lipinski definition) is 4. The Kier molecular flexibility index (Phi) is 6.18. The minimum Gasteiger partial charge on any atom is -0.309 e. The Labute approximate surface area is 129 Å². The average Bonchev–Trinajstić information content (AvgIpc) is 2.43. The molecule has 0 radical (unpaired) electrons. The highest BCUT2D eigenvalue weighted by Crippen LogP contribution is 2.41. The van der Waals surface area contributed by atoms with Crippen molar-refractivity contribution in [3.05, 3.63) is 29.8 Å². The molecule has 0 amide bonds. The zero-order valence-corrected chi connectivity index (χ0v) is 13.9. The minimum atomic E-state index is -0.249. The van der Waals surface area contributed by atoms with Gasteiger partial charge < -0.3 is 5.32 Å². The standard InChI is InChI=1S/C15H23FN2S2/c1-4-5-18-15(12-6-13(16)8-17-7-12)14-9-19-10(2)11(3)20-14/h6-8,10-11,14-15,18H,4-5,9H2,1-3H3. The van der Waals surface area contributed by atoms with Crippen molar-refractivity contribution in [1.82, 2.24) is 10.3 Å². The monoisotopic (exact) mass is 314 g/mol. The molecule has 1 aromatic heterocycles. The maximum absolute atomic E-state index is 13.5. The highest BCUT2D eigenvalue weighted by Gasteiger charge is 2.32. The van der Waals surface area contributed by atoms with E-state index >= 15 is 0 Å². The summed E-state index contributed by atoms with van der Waals surface area (Å²) >= 11 is 4.04. The van der Waals surface area contributed by atoms with Gasteiger partial charge in [0.25, 0.3) is 0 Å². The van der Waals surface area contributed by atoms with Crippen molar-refractivity contribution in [1.29, 1.82) is 0 Å². The van der Waals surface area contributed by atoms with Crippen molar-refractivity contribution >= 4 is 23.5 Å². The molecule has 1 N–H and O–H groups in total. The maximum atomic E-state index is 13.5. The Morgan fingerprint density at radius 1 is 1.40 bits per heavy atom. The van der Waals surface area contributed by atoms with Crippen LogP contribution in [0.3, 0.4) is 0 Å². The Morgan fingerprint density at radius 3 is 2.85 bits per heavy atom. The van der Waals surface area contributed by atoms with Crippen LogP contribution >= 0.6 is 23.5 Å². The first kappa shape index (κ1) is 16.1. The first-order valence-corrected chi connectivity index (χ1v) is 9.22. The first-order valence-electron chi connectivity index (χ1n) is 7.22. The van der Waals surface area contributed by atoms with Gasteiger partial charge in [0.15, 0.2) is 0 Å². The number of nitrogens with one attached hydrogen (secondary N) is 1. The van der Waals surface area contributed by atoms with Gasteiger partial charge in [0, 0.05) is 33.7 Å². The van der Waals surface area contributed by atoms with E-state index in [2.05, 4.69) is 31.1 Å². The van der Waals surface area contributed by atoms with Gasteiger partial charge in [-0.2, -0.15) is 23.5 Å². The molecule has 0 aromatic carbocycles. The molecule has 1 aliphatic heterocycles. The summed E-state index contributed by atoms with van der Waals surface area (Å²) < 4.78 is 13.5. The number of halogens is 1. The van der Waals surface area contributed by atoms with Gasteiger partial charge >= 0.3 is 0 Å². The molecule has 2 rings (SSSR count). The third-order valence-electron chi connectivity index (χ3n) is 3.65. The third-order valence-corrected chi connectivity index (χ3v) is 7.14. The molecule has 0 bridgehead atoms. The van der Waals surface area contributed by atoms with E-state index in [1.54, 1.807) is 12.3 Å². The zero-order chi connectivity index (χ0) is 14.5. The smallest absolute Gasteiger partial charge is 0.141 e. The number of hydrogen-bond donors (Lipinski definition) is 1. The van der Waals surface area contributed by atoms with Crippen molar-refractivity contribution in [2.24, 2.45) is 0 Å². The maximum Gasteiger partial charge on any atom is 0.141 e. The van der Waals surface area contributed by atoms with Crippen LogP contribution in [0.15, 0.2) is 18.5 Å². The van der Waals surface area contributed by atoms with Crippen molar-refractivity contribution in [2.45, 2.75) is 49.0 Å². The van der Waals surface area contributed by atoms with Crippen LogP contribution < -0.4 is 5.32 Å². The van der Waals surface area contributed by atoms with Crippen molar-refractivity contribution < 1.29 is 4.39 Å². The number of nitrogens with zero attached hydrogens (tertiary/aromatic N) is 1. The number of thioether (sulfide) groups is 2. The first-order chi connectivity index (χ1) is 9.61. The van der Waals surface area contributed by atoms with Gasteiger partial charge in [0.05, 0.1) is 6.20 Å². The topological polar surface area (TPSA) is 24.9 Å². The van der Waals surface area contributed by atoms with Crippen LogP contribution in [0, 0.1) is 5.82 Å². The molecule has 0 spiro atoms. The Balaban J connectivity index is 2.15. The molecule has 4 atom stereocenters. The fourth-order valence-electron chi connectivity index (χ4n) is 2.34. The van der Waals surface area contributed by atoms with Crippen LogP contribution in [-0.2, 0) is 0 Å². The van der Waals surface area contributed by atoms with Crippen LogP contribution in [0.1, 0.15) is 38.8 Å². The minimum absolute atomic E-state index is 0.186. The summed E-state index contributed by atoms with van der Waals surface area (Å²) in [5, 5.41) is 5.37. The lowest BCUT2D eigenvalue weighted by Gasteiger charge is -2.36. The van der Waals surface area contributed by atoms with Gasteiger partial charge in [-0.1, -0.05) is 20.8 Å². The summed E-state index contributed by atoms with van der Waals surface area (Å²) in [6.45, 7) is 7.68. The van der Waals surface area contributed by atoms with Gasteiger partial charge in [-0.25, -0.2) is 4.39 Å². The Bertz CT molecular complexity index is 430. The van der Waals surface area contributed by atoms with Gasteiger partial charge in [-0.15, -0.1) is 0 Å². The van der Waals surface area contributed by atoms with E-state index in [1.165, 1.54) is 6.20 Å². The molecule has 2 nitrogen and oxygen atoms in total. The lowest BCUT2D eigenvalue weighted by Crippen LogP contribution is -2.37. The van der Waals surface area contributed by atoms with Gasteiger partial charge in [-0.05, 0) is 24.6 Å². The molecule has 1 saturated heterocycles. The average molecular weight is 314 g/mol. The van der Waals surface area contributed by atoms with Crippen LogP contribution in [0.5, 0.6) is 0 Å². The second-order valence-corrected chi connectivity index (χ2v) is 8.32. The Morgan fingerprint density at radius 2 is 2.20 bits per heavy atom. The highest BCUT2D eigenvalue weighted by molar-refractivity contribution is 8.07. The van der Waals surface area contributed by atoms with E-state index in [-0.39, 0.29) is 11.9 Å². The molecule has 0 saturated carbocycles. The van der Waals surface area contributed by atoms with Crippen molar-refractivity contribution in [3.63, 3.8) is 0 Å². The van der Waals surface area contributed by atoms with E-state index in [1.807, 2.05) is 23.5 Å². The predicted octanol–water partition coefficient (Wildman–Crippen LogP) is 3.89. The van der Waals surface area contributed by atoms with E-state index in [9.17, 15) is 4.39 Å². The fraction of sp³-hybridized carbons (Fsp3) is 0.667. The largest absolute Gasteiger partial charge is 0.309 e. The van der Waals surface area contributed by atoms with Gasteiger partial charge in [-0.3, -0.25) is 4.98 Å². The lowest BCUT2D eigenvalue weighted by atomic mass is 10.1. The molecular formula is C15H23FN2S2. The molecule has 1 aromatic rings. The normalized spacial score (nSPS) is 28.3. The fourth-order valence-corrected chi connectivity index (χ4v) is 5.46. The molecule has 112 valence electrons. The Hall–Kier alpha value is -0.260. The van der Waals surface area contributed by atoms with Gasteiger partial charge in [0.2, 0.25) is 0 Å². The van der Waals surface area contributed by atoms with Crippen molar-refractivity contribution in [2.75, 3.05) is 12.3 Å². The van der Waals surface area contributed by atoms with E-state index in [4.69, 9.17) is 0 Å². The quantitative estimate of drug-likeness (QED) is 0.891. The van der Waals surface area contributed by atoms with E-state index in [0.29, 0.717) is 15.7 Å². The number of aromatic nitrogens is 1. The molecule has 1 aliphatic rings. The second-order valence-electron chi connectivity index (χ2n) is 5.29. The zero-order valence-electron chi connectivity index (χ0n) is 12.3. The molecule has 5 heteroatoms. The summed E-state index contributed by atoms with van der Waals surface area (Å²) in [7, 11) is 0. The molecule has 2 heterocycles. The second kappa shape index (κ2) is 7.66. The highest BCUT2D eigenvalue weighted by atomic mass is 32.2. The SMILES string of the molecule is CCCNC(c1cncc(F)c1)C1CSC(C)C(C)S1. The van der Waals surface area contributed by atoms with Crippen LogP contribution in [-0.4, -0.2) is 33.0 Å². The molecule has 20 heavy (non-hydrogen) atoms. The predicted molar refractivity (Wildman–Crippen MR) is 88.0 cm³/mol. The summed E-state index contributed by atoms with van der Waals surface area (Å²) in [6, 6.07) is 1.81. The van der Waals surface area contributed by atoms with Crippen LogP contribution in [0.4, 0.5) is 4.39 Å². The molecular weight excluding hydrogens is 291 g/mol. The van der Waals surface area contributed by atoms with E-state index < -0.39 is 0 Å². The van der Waals surface area contributed by atoms with Gasteiger partial charge in [0.1, 0.15) is 5.82 Å². The summed E-state index contributed by atoms with van der Waals surface area (Å²) in [4.78, 5) is 4.01. The van der Waals surface area contributed by atoms with Crippen LogP contribution in [0.25, 0.3) is 0 Å². The third kappa shape index (κ3) is 4.12. The molecule has 1 fully saturated rings. The lowest BCUT2D eigenvalue weighted by molar-refractivity contribution is 0.520. The summed E-state index contributed by atoms with van der Waals surface area (Å²) in [5.74, 6) is 0.856. The van der Waals surface area contributed by atoms with Crippen molar-refractivity contribution in [3.8, 4) is 0 Å². The summed E-state index contributed by atoms with van der Waals surface area (Å²) in [6.07, 6.45) is 4.15. The number of rotatable bonds is 5. The number of pyridine rings is 1. The molecule has 0 aliphatic carbocycles. The van der Waals surface area contributed by atoms with Crippen LogP contribution in [0.2, 0.25) is 0 Å². The van der Waals surface area contributed by atoms with E-state index in [0.717, 1.165) is 24.3 Å². The summed E-state index contributed by atoms with van der Waals surface area (Å²) in [5.41, 5.74) is 0.971.